The molecular formula is C22H16FNO4. The number of halogens is 1. The monoisotopic (exact) mass is 377 g/mol. The molecule has 0 saturated heterocycles. The number of carbonyl (C=O) groups excluding carboxylic acids is 1. The summed E-state index contributed by atoms with van der Waals surface area (Å²) >= 11 is 0. The van der Waals surface area contributed by atoms with Crippen LogP contribution in [0.5, 0.6) is 5.75 Å². The first kappa shape index (κ1) is 17.7. The zero-order chi connectivity index (χ0) is 19.7. The Balaban J connectivity index is 1.67. The van der Waals surface area contributed by atoms with Crippen LogP contribution in [0.25, 0.3) is 21.9 Å². The molecule has 1 heterocycles. The summed E-state index contributed by atoms with van der Waals surface area (Å²) in [6.45, 7) is 2.43. The second-order valence-corrected chi connectivity index (χ2v) is 6.17. The lowest BCUT2D eigenvalue weighted by Crippen LogP contribution is -2.12. The van der Waals surface area contributed by atoms with E-state index in [0.29, 0.717) is 29.0 Å². The number of carbonyl (C=O) groups is 1. The maximum atomic E-state index is 14.0. The molecule has 1 N–H and O–H groups in total. The van der Waals surface area contributed by atoms with Gasteiger partial charge < -0.3 is 14.5 Å². The van der Waals surface area contributed by atoms with Crippen LogP contribution >= 0.6 is 0 Å². The van der Waals surface area contributed by atoms with Gasteiger partial charge in [0.1, 0.15) is 11.3 Å². The Morgan fingerprint density at radius 2 is 1.86 bits per heavy atom. The molecule has 1 amide bonds. The highest BCUT2D eigenvalue weighted by Crippen LogP contribution is 2.24. The summed E-state index contributed by atoms with van der Waals surface area (Å²) < 4.78 is 24.9. The van der Waals surface area contributed by atoms with E-state index in [2.05, 4.69) is 5.32 Å². The Labute approximate surface area is 159 Å². The van der Waals surface area contributed by atoms with Crippen LogP contribution in [0.3, 0.4) is 0 Å². The van der Waals surface area contributed by atoms with Crippen LogP contribution in [-0.4, -0.2) is 12.5 Å². The van der Waals surface area contributed by atoms with Crippen molar-refractivity contribution >= 4 is 33.5 Å². The van der Waals surface area contributed by atoms with Gasteiger partial charge in [-0.3, -0.25) is 9.59 Å². The quantitative estimate of drug-likeness (QED) is 0.522. The largest absolute Gasteiger partial charge is 0.494 e. The van der Waals surface area contributed by atoms with Crippen LogP contribution in [0, 0.1) is 5.82 Å². The summed E-state index contributed by atoms with van der Waals surface area (Å²) in [5.74, 6) is -0.252. The highest BCUT2D eigenvalue weighted by atomic mass is 19.1. The van der Waals surface area contributed by atoms with Gasteiger partial charge in [-0.05, 0) is 55.5 Å². The lowest BCUT2D eigenvalue weighted by atomic mass is 10.1. The number of nitrogens with one attached hydrogen (secondary N) is 1. The van der Waals surface area contributed by atoms with Gasteiger partial charge in [-0.15, -0.1) is 0 Å². The Hall–Kier alpha value is -3.67. The van der Waals surface area contributed by atoms with E-state index in [-0.39, 0.29) is 27.9 Å². The highest BCUT2D eigenvalue weighted by molar-refractivity contribution is 6.05. The van der Waals surface area contributed by atoms with Crippen molar-refractivity contribution in [3.05, 3.63) is 82.3 Å². The van der Waals surface area contributed by atoms with Crippen molar-refractivity contribution in [2.24, 2.45) is 0 Å². The molecule has 0 spiro atoms. The molecule has 1 aromatic heterocycles. The first-order valence-corrected chi connectivity index (χ1v) is 8.76. The standard InChI is InChI=1S/C22H16FNO4/c1-2-27-15-9-6-13(7-10-15)22(26)24-14-8-11-16-19(12-14)28-21-17(20(16)25)4-3-5-18(21)23/h3-12H,2H2,1H3,(H,24,26). The van der Waals surface area contributed by atoms with Crippen LogP contribution in [0.1, 0.15) is 17.3 Å². The van der Waals surface area contributed by atoms with Crippen molar-refractivity contribution in [1.82, 2.24) is 0 Å². The van der Waals surface area contributed by atoms with Crippen LogP contribution in [0.2, 0.25) is 0 Å². The van der Waals surface area contributed by atoms with Gasteiger partial charge in [-0.25, -0.2) is 4.39 Å². The second-order valence-electron chi connectivity index (χ2n) is 6.17. The van der Waals surface area contributed by atoms with Crippen molar-refractivity contribution in [1.29, 1.82) is 0 Å². The predicted molar refractivity (Wildman–Crippen MR) is 106 cm³/mol. The van der Waals surface area contributed by atoms with Gasteiger partial charge in [0.15, 0.2) is 11.4 Å². The Kier molecular flexibility index (Phi) is 4.53. The molecule has 0 saturated carbocycles. The fourth-order valence-electron chi connectivity index (χ4n) is 2.99. The van der Waals surface area contributed by atoms with Crippen molar-refractivity contribution in [3.63, 3.8) is 0 Å². The SMILES string of the molecule is CCOc1ccc(C(=O)Nc2ccc3c(=O)c4cccc(F)c4oc3c2)cc1. The lowest BCUT2D eigenvalue weighted by Gasteiger charge is -2.08. The number of anilines is 1. The van der Waals surface area contributed by atoms with Crippen molar-refractivity contribution in [2.45, 2.75) is 6.92 Å². The molecule has 5 nitrogen and oxygen atoms in total. The minimum Gasteiger partial charge on any atom is -0.494 e. The summed E-state index contributed by atoms with van der Waals surface area (Å²) in [7, 11) is 0. The normalized spacial score (nSPS) is 10.9. The van der Waals surface area contributed by atoms with Gasteiger partial charge in [-0.1, -0.05) is 6.07 Å². The Morgan fingerprint density at radius 3 is 2.61 bits per heavy atom. The molecule has 6 heteroatoms. The summed E-state index contributed by atoms with van der Waals surface area (Å²) in [6, 6.07) is 15.6. The van der Waals surface area contributed by atoms with Crippen molar-refractivity contribution in [2.75, 3.05) is 11.9 Å². The van der Waals surface area contributed by atoms with Crippen molar-refractivity contribution in [3.8, 4) is 5.75 Å². The number of para-hydroxylation sites is 1. The average Bonchev–Trinajstić information content (AvgIpc) is 2.70. The smallest absolute Gasteiger partial charge is 0.255 e. The maximum Gasteiger partial charge on any atom is 0.255 e. The summed E-state index contributed by atoms with van der Waals surface area (Å²) in [5, 5.41) is 3.24. The molecule has 0 aliphatic heterocycles. The van der Waals surface area contributed by atoms with Gasteiger partial charge in [0.25, 0.3) is 5.91 Å². The van der Waals surface area contributed by atoms with E-state index in [1.54, 1.807) is 36.4 Å². The van der Waals surface area contributed by atoms with E-state index in [4.69, 9.17) is 9.15 Å². The van der Waals surface area contributed by atoms with Gasteiger partial charge in [0.05, 0.1) is 17.4 Å². The van der Waals surface area contributed by atoms with Gasteiger partial charge in [0.2, 0.25) is 5.43 Å². The fraction of sp³-hybridized carbons (Fsp3) is 0.0909. The molecule has 3 aromatic carbocycles. The Bertz CT molecular complexity index is 1250. The summed E-state index contributed by atoms with van der Waals surface area (Å²) in [4.78, 5) is 25.0. The van der Waals surface area contributed by atoms with E-state index in [9.17, 15) is 14.0 Å². The Morgan fingerprint density at radius 1 is 1.07 bits per heavy atom. The zero-order valence-corrected chi connectivity index (χ0v) is 15.0. The average molecular weight is 377 g/mol. The van der Waals surface area contributed by atoms with Crippen molar-refractivity contribution < 1.29 is 18.3 Å². The van der Waals surface area contributed by atoms with Gasteiger partial charge in [0, 0.05) is 17.3 Å². The number of rotatable bonds is 4. The third kappa shape index (κ3) is 3.20. The fourth-order valence-corrected chi connectivity index (χ4v) is 2.99. The minimum absolute atomic E-state index is 0.102. The number of hydrogen-bond acceptors (Lipinski definition) is 4. The third-order valence-electron chi connectivity index (χ3n) is 4.34. The molecule has 0 bridgehead atoms. The number of benzene rings is 3. The number of hydrogen-bond donors (Lipinski definition) is 1. The molecule has 0 atom stereocenters. The topological polar surface area (TPSA) is 68.5 Å². The molecule has 4 aromatic rings. The van der Waals surface area contributed by atoms with Crippen LogP contribution in [-0.2, 0) is 0 Å². The third-order valence-corrected chi connectivity index (χ3v) is 4.34. The van der Waals surface area contributed by atoms with Crippen LogP contribution in [0.15, 0.2) is 69.9 Å². The summed E-state index contributed by atoms with van der Waals surface area (Å²) in [5.41, 5.74) is 0.669. The van der Waals surface area contributed by atoms with E-state index in [1.165, 1.54) is 24.3 Å². The lowest BCUT2D eigenvalue weighted by molar-refractivity contribution is 0.102. The number of fused-ring (bicyclic) bond motifs is 2. The summed E-state index contributed by atoms with van der Waals surface area (Å²) in [6.07, 6.45) is 0. The molecular weight excluding hydrogens is 361 g/mol. The molecule has 0 fully saturated rings. The minimum atomic E-state index is -0.611. The zero-order valence-electron chi connectivity index (χ0n) is 15.0. The van der Waals surface area contributed by atoms with Gasteiger partial charge >= 0.3 is 0 Å². The number of ether oxygens (including phenoxy) is 1. The molecule has 28 heavy (non-hydrogen) atoms. The number of amides is 1. The molecule has 0 aliphatic carbocycles. The maximum absolute atomic E-state index is 14.0. The van der Waals surface area contributed by atoms with E-state index in [1.807, 2.05) is 6.92 Å². The molecule has 140 valence electrons. The van der Waals surface area contributed by atoms with Gasteiger partial charge in [-0.2, -0.15) is 0 Å². The molecule has 0 aliphatic rings. The van der Waals surface area contributed by atoms with Crippen LogP contribution in [0.4, 0.5) is 10.1 Å². The predicted octanol–water partition coefficient (Wildman–Crippen LogP) is 4.74. The molecule has 0 unspecified atom stereocenters. The molecule has 4 rings (SSSR count). The van der Waals surface area contributed by atoms with Crippen LogP contribution < -0.4 is 15.5 Å². The van der Waals surface area contributed by atoms with E-state index in [0.717, 1.165) is 0 Å². The van der Waals surface area contributed by atoms with E-state index < -0.39 is 5.82 Å². The molecule has 0 radical (unpaired) electrons. The first-order valence-electron chi connectivity index (χ1n) is 8.76. The second kappa shape index (κ2) is 7.15. The highest BCUT2D eigenvalue weighted by Gasteiger charge is 2.13. The first-order chi connectivity index (χ1) is 13.6. The van der Waals surface area contributed by atoms with E-state index >= 15 is 0 Å².